The number of rotatable bonds is 6. The summed E-state index contributed by atoms with van der Waals surface area (Å²) in [7, 11) is -2.00. The van der Waals surface area contributed by atoms with Gasteiger partial charge >= 0.3 is 0 Å². The molecule has 0 atom stereocenters. The predicted octanol–water partition coefficient (Wildman–Crippen LogP) is 4.14. The first kappa shape index (κ1) is 22.0. The molecule has 0 bridgehead atoms. The highest BCUT2D eigenvalue weighted by Gasteiger charge is 2.21. The second-order valence-electron chi connectivity index (χ2n) is 6.79. The van der Waals surface area contributed by atoms with Crippen molar-refractivity contribution < 1.29 is 12.8 Å². The molecule has 0 fully saturated rings. The average Bonchev–Trinajstić information content (AvgIpc) is 3.09. The lowest BCUT2D eigenvalue weighted by molar-refractivity contribution is 0.588. The number of halogens is 2. The molecule has 0 aliphatic rings. The zero-order valence-electron chi connectivity index (χ0n) is 16.2. The van der Waals surface area contributed by atoms with Crippen molar-refractivity contribution >= 4 is 33.3 Å². The Morgan fingerprint density at radius 3 is 2.57 bits per heavy atom. The van der Waals surface area contributed by atoms with Crippen LogP contribution in [0.15, 0.2) is 78.1 Å². The highest BCUT2D eigenvalue weighted by molar-refractivity contribution is 7.90. The molecule has 8 heteroatoms. The zero-order valence-corrected chi connectivity index (χ0v) is 17.9. The smallest absolute Gasteiger partial charge is 0.269 e. The van der Waals surface area contributed by atoms with E-state index in [-0.39, 0.29) is 23.1 Å². The van der Waals surface area contributed by atoms with Gasteiger partial charge in [0.05, 0.1) is 5.52 Å². The fraction of sp³-hybridized carbons (Fsp3) is 0.136. The Balaban J connectivity index is 0.00000256. The van der Waals surface area contributed by atoms with Crippen molar-refractivity contribution in [1.82, 2.24) is 14.3 Å². The van der Waals surface area contributed by atoms with Crippen LogP contribution in [0.2, 0.25) is 0 Å². The lowest BCUT2D eigenvalue weighted by atomic mass is 10.0. The molecule has 2 aromatic carbocycles. The van der Waals surface area contributed by atoms with Crippen LogP contribution in [0.3, 0.4) is 0 Å². The highest BCUT2D eigenvalue weighted by Crippen LogP contribution is 2.28. The van der Waals surface area contributed by atoms with E-state index in [1.54, 1.807) is 30.5 Å². The van der Waals surface area contributed by atoms with Crippen LogP contribution in [0.5, 0.6) is 0 Å². The highest BCUT2D eigenvalue weighted by atomic mass is 35.5. The standard InChI is InChI=1S/C22H20FN3O2S.ClH/c1-24-13-18-15-26(29(27,28)19-6-4-10-25-14-19)22-12-16(8-9-20(18)22)11-17-5-2-3-7-21(17)23;/h2-10,12,14-15,24H,11,13H2,1H3;1H. The van der Waals surface area contributed by atoms with Crippen LogP contribution in [0, 0.1) is 5.82 Å². The van der Waals surface area contributed by atoms with Crippen LogP contribution in [-0.4, -0.2) is 24.4 Å². The molecule has 0 aliphatic carbocycles. The van der Waals surface area contributed by atoms with Crippen molar-refractivity contribution in [3.63, 3.8) is 0 Å². The number of pyridine rings is 1. The van der Waals surface area contributed by atoms with E-state index in [0.717, 1.165) is 16.5 Å². The maximum Gasteiger partial charge on any atom is 0.269 e. The molecule has 2 aromatic heterocycles. The summed E-state index contributed by atoms with van der Waals surface area (Å²) in [6.45, 7) is 0.527. The fourth-order valence-corrected chi connectivity index (χ4v) is 4.77. The van der Waals surface area contributed by atoms with Crippen molar-refractivity contribution in [2.24, 2.45) is 0 Å². The Labute approximate surface area is 181 Å². The summed E-state index contributed by atoms with van der Waals surface area (Å²) in [4.78, 5) is 4.05. The molecule has 4 aromatic rings. The van der Waals surface area contributed by atoms with Gasteiger partial charge in [-0.1, -0.05) is 30.3 Å². The molecule has 30 heavy (non-hydrogen) atoms. The number of fused-ring (bicyclic) bond motifs is 1. The molecule has 2 heterocycles. The van der Waals surface area contributed by atoms with Crippen LogP contribution >= 0.6 is 12.4 Å². The van der Waals surface area contributed by atoms with Crippen LogP contribution in [0.1, 0.15) is 16.7 Å². The third-order valence-corrected chi connectivity index (χ3v) is 6.49. The summed E-state index contributed by atoms with van der Waals surface area (Å²) in [5.74, 6) is -0.276. The van der Waals surface area contributed by atoms with Crippen molar-refractivity contribution in [3.05, 3.63) is 95.7 Å². The first-order valence-corrected chi connectivity index (χ1v) is 10.6. The summed E-state index contributed by atoms with van der Waals surface area (Å²) in [5.41, 5.74) is 2.83. The third kappa shape index (κ3) is 4.09. The largest absolute Gasteiger partial charge is 0.316 e. The van der Waals surface area contributed by atoms with Crippen molar-refractivity contribution in [1.29, 1.82) is 0 Å². The molecule has 156 valence electrons. The SMILES string of the molecule is CNCc1cn(S(=O)(=O)c2cccnc2)c2cc(Cc3ccccc3F)ccc12.Cl. The molecular weight excluding hydrogens is 425 g/mol. The molecule has 1 N–H and O–H groups in total. The number of aromatic nitrogens is 2. The van der Waals surface area contributed by atoms with E-state index < -0.39 is 10.0 Å². The number of nitrogens with zero attached hydrogens (tertiary/aromatic N) is 2. The molecule has 5 nitrogen and oxygen atoms in total. The van der Waals surface area contributed by atoms with Gasteiger partial charge < -0.3 is 5.32 Å². The van der Waals surface area contributed by atoms with E-state index in [1.807, 2.05) is 25.2 Å². The first-order valence-electron chi connectivity index (χ1n) is 9.17. The summed E-state index contributed by atoms with van der Waals surface area (Å²) in [6.07, 6.45) is 4.88. The fourth-order valence-electron chi connectivity index (χ4n) is 3.43. The summed E-state index contributed by atoms with van der Waals surface area (Å²) in [6, 6.07) is 15.3. The van der Waals surface area contributed by atoms with Crippen molar-refractivity contribution in [2.75, 3.05) is 7.05 Å². The molecular formula is C22H21ClFN3O2S. The van der Waals surface area contributed by atoms with Gasteiger partial charge in [-0.05, 0) is 48.0 Å². The van der Waals surface area contributed by atoms with Gasteiger partial charge in [-0.2, -0.15) is 0 Å². The van der Waals surface area contributed by atoms with Crippen molar-refractivity contribution in [3.8, 4) is 0 Å². The van der Waals surface area contributed by atoms with Gasteiger partial charge in [0.2, 0.25) is 0 Å². The average molecular weight is 446 g/mol. The van der Waals surface area contributed by atoms with E-state index in [2.05, 4.69) is 10.3 Å². The van der Waals surface area contributed by atoms with Crippen LogP contribution in [0.25, 0.3) is 10.9 Å². The van der Waals surface area contributed by atoms with Gasteiger partial charge in [-0.3, -0.25) is 4.98 Å². The Hall–Kier alpha value is -2.74. The first-order chi connectivity index (χ1) is 14.0. The van der Waals surface area contributed by atoms with Gasteiger partial charge in [-0.25, -0.2) is 16.8 Å². The van der Waals surface area contributed by atoms with Gasteiger partial charge in [-0.15, -0.1) is 12.4 Å². The summed E-state index contributed by atoms with van der Waals surface area (Å²) >= 11 is 0. The van der Waals surface area contributed by atoms with E-state index in [9.17, 15) is 12.8 Å². The monoisotopic (exact) mass is 445 g/mol. The molecule has 0 amide bonds. The Morgan fingerprint density at radius 2 is 1.87 bits per heavy atom. The maximum atomic E-state index is 14.1. The lowest BCUT2D eigenvalue weighted by Gasteiger charge is -2.09. The Morgan fingerprint density at radius 1 is 1.07 bits per heavy atom. The molecule has 0 radical (unpaired) electrons. The molecule has 0 unspecified atom stereocenters. The second-order valence-corrected chi connectivity index (χ2v) is 8.61. The quantitative estimate of drug-likeness (QED) is 0.484. The predicted molar refractivity (Wildman–Crippen MR) is 118 cm³/mol. The maximum absolute atomic E-state index is 14.1. The molecule has 0 saturated carbocycles. The summed E-state index contributed by atoms with van der Waals surface area (Å²) < 4.78 is 41.8. The van der Waals surface area contributed by atoms with Gasteiger partial charge in [0, 0.05) is 36.9 Å². The van der Waals surface area contributed by atoms with Crippen molar-refractivity contribution in [2.45, 2.75) is 17.9 Å². The van der Waals surface area contributed by atoms with Crippen LogP contribution < -0.4 is 5.32 Å². The van der Waals surface area contributed by atoms with E-state index in [1.165, 1.54) is 28.5 Å². The number of nitrogens with one attached hydrogen (secondary N) is 1. The van der Waals surface area contributed by atoms with Gasteiger partial charge in [0.15, 0.2) is 0 Å². The number of benzene rings is 2. The molecule has 4 rings (SSSR count). The van der Waals surface area contributed by atoms with E-state index >= 15 is 0 Å². The number of hydrogen-bond acceptors (Lipinski definition) is 4. The second kappa shape index (κ2) is 8.95. The minimum absolute atomic E-state index is 0. The molecule has 0 aliphatic heterocycles. The Kier molecular flexibility index (Phi) is 6.55. The van der Waals surface area contributed by atoms with Gasteiger partial charge in [0.1, 0.15) is 10.7 Å². The van der Waals surface area contributed by atoms with E-state index in [4.69, 9.17) is 0 Å². The zero-order chi connectivity index (χ0) is 20.4. The summed E-state index contributed by atoms with van der Waals surface area (Å²) in [5, 5.41) is 3.91. The molecule has 0 spiro atoms. The molecule has 0 saturated heterocycles. The topological polar surface area (TPSA) is 64.0 Å². The van der Waals surface area contributed by atoms with Gasteiger partial charge in [0.25, 0.3) is 10.0 Å². The lowest BCUT2D eigenvalue weighted by Crippen LogP contribution is -2.12. The number of hydrogen-bond donors (Lipinski definition) is 1. The van der Waals surface area contributed by atoms with Crippen LogP contribution in [0.4, 0.5) is 4.39 Å². The minimum Gasteiger partial charge on any atom is -0.316 e. The normalized spacial score (nSPS) is 11.4. The third-order valence-electron chi connectivity index (χ3n) is 4.83. The minimum atomic E-state index is -3.81. The Bertz CT molecular complexity index is 1270. The van der Waals surface area contributed by atoms with E-state index in [0.29, 0.717) is 24.0 Å². The van der Waals surface area contributed by atoms with Crippen LogP contribution in [-0.2, 0) is 23.0 Å².